The third kappa shape index (κ3) is 15.1. The number of nitrogens with zero attached hydrogens (tertiary/aromatic N) is 1. The Morgan fingerprint density at radius 2 is 0.955 bits per heavy atom. The van der Waals surface area contributed by atoms with E-state index in [-0.39, 0.29) is 12.4 Å². The highest BCUT2D eigenvalue weighted by Crippen LogP contribution is 2.14. The van der Waals surface area contributed by atoms with Crippen molar-refractivity contribution in [3.63, 3.8) is 0 Å². The van der Waals surface area contributed by atoms with Crippen molar-refractivity contribution in [2.24, 2.45) is 0 Å². The van der Waals surface area contributed by atoms with E-state index in [1.165, 1.54) is 94.7 Å². The van der Waals surface area contributed by atoms with Crippen LogP contribution in [0.4, 0.5) is 0 Å². The summed E-state index contributed by atoms with van der Waals surface area (Å²) in [7, 11) is 2.44. The van der Waals surface area contributed by atoms with E-state index in [1.807, 2.05) is 0 Å². The van der Waals surface area contributed by atoms with E-state index in [0.717, 1.165) is 6.42 Å². The quantitative estimate of drug-likeness (QED) is 0.338. The average molecular weight is 336 g/mol. The zero-order valence-electron chi connectivity index (χ0n) is 15.6. The van der Waals surface area contributed by atoms with Crippen molar-refractivity contribution >= 4 is 0 Å². The van der Waals surface area contributed by atoms with Crippen LogP contribution in [-0.2, 0) is 0 Å². The van der Waals surface area contributed by atoms with Gasteiger partial charge in [-0.1, -0.05) is 52.4 Å². The van der Waals surface area contributed by atoms with Crippen LogP contribution < -0.4 is 12.4 Å². The zero-order valence-corrected chi connectivity index (χ0v) is 16.3. The Morgan fingerprint density at radius 3 is 1.41 bits per heavy atom. The molecule has 1 N–H and O–H groups in total. The number of quaternary nitrogens is 1. The zero-order chi connectivity index (χ0) is 15.8. The largest absolute Gasteiger partial charge is 1.00 e. The van der Waals surface area contributed by atoms with Crippen LogP contribution in [0.5, 0.6) is 0 Å². The lowest BCUT2D eigenvalue weighted by Crippen LogP contribution is -3.00. The highest BCUT2D eigenvalue weighted by atomic mass is 35.5. The molecule has 0 aliphatic carbocycles. The minimum atomic E-state index is 0. The van der Waals surface area contributed by atoms with E-state index < -0.39 is 0 Å². The second kappa shape index (κ2) is 17.6. The lowest BCUT2D eigenvalue weighted by atomic mass is 10.1. The van der Waals surface area contributed by atoms with Crippen molar-refractivity contribution in [2.75, 3.05) is 33.3 Å². The number of halogens is 1. The number of unbranched alkanes of at least 4 members (excludes halogenated alkanes) is 9. The van der Waals surface area contributed by atoms with Crippen LogP contribution in [0.25, 0.3) is 0 Å². The molecule has 0 aromatic rings. The van der Waals surface area contributed by atoms with Gasteiger partial charge in [0.1, 0.15) is 0 Å². The first-order valence-corrected chi connectivity index (χ1v) is 9.63. The van der Waals surface area contributed by atoms with Gasteiger partial charge in [0.05, 0.1) is 26.7 Å². The van der Waals surface area contributed by atoms with E-state index in [2.05, 4.69) is 20.9 Å². The summed E-state index contributed by atoms with van der Waals surface area (Å²) in [5.41, 5.74) is 0. The molecule has 1 unspecified atom stereocenters. The lowest BCUT2D eigenvalue weighted by molar-refractivity contribution is -0.910. The van der Waals surface area contributed by atoms with Gasteiger partial charge in [-0.15, -0.1) is 0 Å². The van der Waals surface area contributed by atoms with Gasteiger partial charge in [-0.3, -0.25) is 0 Å². The summed E-state index contributed by atoms with van der Waals surface area (Å²) >= 11 is 0. The molecule has 0 bridgehead atoms. The van der Waals surface area contributed by atoms with Crippen LogP contribution in [0.3, 0.4) is 0 Å². The minimum Gasteiger partial charge on any atom is -1.00 e. The molecule has 0 aliphatic rings. The Bertz CT molecular complexity index is 214. The van der Waals surface area contributed by atoms with Crippen molar-refractivity contribution in [1.29, 1.82) is 0 Å². The first kappa shape index (κ1) is 24.5. The van der Waals surface area contributed by atoms with E-state index in [0.29, 0.717) is 6.61 Å². The van der Waals surface area contributed by atoms with Gasteiger partial charge in [0, 0.05) is 6.61 Å². The van der Waals surface area contributed by atoms with Gasteiger partial charge in [-0.05, 0) is 38.5 Å². The molecule has 0 spiro atoms. The van der Waals surface area contributed by atoms with Crippen molar-refractivity contribution in [3.8, 4) is 0 Å². The average Bonchev–Trinajstić information content (AvgIpc) is 2.48. The molecule has 0 aromatic heterocycles. The molecule has 2 nitrogen and oxygen atoms in total. The van der Waals surface area contributed by atoms with E-state index in [1.54, 1.807) is 0 Å². The maximum absolute atomic E-state index is 9.00. The number of hydrogen-bond donors (Lipinski definition) is 1. The third-order valence-electron chi connectivity index (χ3n) is 4.71. The van der Waals surface area contributed by atoms with Crippen LogP contribution in [0.15, 0.2) is 0 Å². The molecule has 3 heteroatoms. The molecule has 136 valence electrons. The van der Waals surface area contributed by atoms with Crippen LogP contribution in [-0.4, -0.2) is 42.9 Å². The number of hydrogen-bond acceptors (Lipinski definition) is 1. The minimum absolute atomic E-state index is 0. The van der Waals surface area contributed by atoms with Gasteiger partial charge in [-0.2, -0.15) is 0 Å². The predicted molar refractivity (Wildman–Crippen MR) is 94.6 cm³/mol. The molecule has 22 heavy (non-hydrogen) atoms. The van der Waals surface area contributed by atoms with E-state index in [4.69, 9.17) is 5.11 Å². The summed E-state index contributed by atoms with van der Waals surface area (Å²) in [6.07, 6.45) is 16.0. The fraction of sp³-hybridized carbons (Fsp3) is 1.00. The number of rotatable bonds is 16. The first-order chi connectivity index (χ1) is 10.2. The third-order valence-corrected chi connectivity index (χ3v) is 4.71. The van der Waals surface area contributed by atoms with Crippen LogP contribution in [0.2, 0.25) is 0 Å². The van der Waals surface area contributed by atoms with Gasteiger partial charge in [0.15, 0.2) is 0 Å². The topological polar surface area (TPSA) is 20.2 Å². The maximum atomic E-state index is 9.00. The highest BCUT2D eigenvalue weighted by molar-refractivity contribution is 4.49. The van der Waals surface area contributed by atoms with Gasteiger partial charge < -0.3 is 22.0 Å². The molecule has 0 rings (SSSR count). The van der Waals surface area contributed by atoms with Crippen molar-refractivity contribution in [2.45, 2.75) is 90.9 Å². The monoisotopic (exact) mass is 335 g/mol. The SMILES string of the molecule is CCCCCCCC[N+](C)(CCCCO)CCCCCC.[Cl-]. The molecule has 0 saturated heterocycles. The summed E-state index contributed by atoms with van der Waals surface area (Å²) in [6, 6.07) is 0. The van der Waals surface area contributed by atoms with Gasteiger partial charge in [0.2, 0.25) is 0 Å². The smallest absolute Gasteiger partial charge is 0.0785 e. The highest BCUT2D eigenvalue weighted by Gasteiger charge is 2.19. The molecule has 0 amide bonds. The predicted octanol–water partition coefficient (Wildman–Crippen LogP) is 2.15. The summed E-state index contributed by atoms with van der Waals surface area (Å²) in [4.78, 5) is 0. The van der Waals surface area contributed by atoms with Crippen LogP contribution in [0, 0.1) is 0 Å². The maximum Gasteiger partial charge on any atom is 0.0785 e. The van der Waals surface area contributed by atoms with Crippen LogP contribution in [0.1, 0.15) is 90.9 Å². The number of aliphatic hydroxyl groups excluding tert-OH is 1. The standard InChI is InChI=1S/C19H42NO.ClH/c1-4-6-8-10-11-13-17-20(3,18-14-15-19-21)16-12-9-7-5-2;/h21H,4-19H2,1-3H3;1H/q+1;/p-1. The molecule has 0 fully saturated rings. The Morgan fingerprint density at radius 1 is 0.591 bits per heavy atom. The van der Waals surface area contributed by atoms with Crippen LogP contribution >= 0.6 is 0 Å². The molecular formula is C19H42ClNO. The summed E-state index contributed by atoms with van der Waals surface area (Å²) < 4.78 is 1.23. The Kier molecular flexibility index (Phi) is 19.5. The molecule has 0 saturated carbocycles. The Labute approximate surface area is 146 Å². The number of aliphatic hydroxyl groups is 1. The van der Waals surface area contributed by atoms with Crippen molar-refractivity contribution in [1.82, 2.24) is 0 Å². The van der Waals surface area contributed by atoms with E-state index >= 15 is 0 Å². The Balaban J connectivity index is 0. The molecule has 1 atom stereocenters. The fourth-order valence-electron chi connectivity index (χ4n) is 3.13. The lowest BCUT2D eigenvalue weighted by Gasteiger charge is -2.35. The normalized spacial score (nSPS) is 13.6. The first-order valence-electron chi connectivity index (χ1n) is 9.63. The summed E-state index contributed by atoms with van der Waals surface area (Å²) in [5.74, 6) is 0. The second-order valence-corrected chi connectivity index (χ2v) is 7.05. The molecule has 0 aromatic carbocycles. The fourth-order valence-corrected chi connectivity index (χ4v) is 3.13. The second-order valence-electron chi connectivity index (χ2n) is 7.05. The molecule has 0 radical (unpaired) electrons. The molecule has 0 aliphatic heterocycles. The summed E-state index contributed by atoms with van der Waals surface area (Å²) in [5, 5.41) is 9.00. The van der Waals surface area contributed by atoms with Crippen molar-refractivity contribution < 1.29 is 22.0 Å². The van der Waals surface area contributed by atoms with Gasteiger partial charge in [-0.25, -0.2) is 0 Å². The van der Waals surface area contributed by atoms with Gasteiger partial charge in [0.25, 0.3) is 0 Å². The van der Waals surface area contributed by atoms with Gasteiger partial charge >= 0.3 is 0 Å². The van der Waals surface area contributed by atoms with Crippen molar-refractivity contribution in [3.05, 3.63) is 0 Å². The summed E-state index contributed by atoms with van der Waals surface area (Å²) in [6.45, 7) is 8.84. The Hall–Kier alpha value is 0.210. The molecule has 0 heterocycles. The van der Waals surface area contributed by atoms with E-state index in [9.17, 15) is 0 Å². The molecular weight excluding hydrogens is 294 g/mol.